The molecule has 2 aliphatic heterocycles. The number of aromatic amines is 1. The van der Waals surface area contributed by atoms with Crippen LogP contribution in [0.4, 0.5) is 21.0 Å². The lowest BCUT2D eigenvalue weighted by Gasteiger charge is -2.29. The van der Waals surface area contributed by atoms with Gasteiger partial charge in [0, 0.05) is 37.0 Å². The summed E-state index contributed by atoms with van der Waals surface area (Å²) >= 11 is 6.40. The third-order valence-electron chi connectivity index (χ3n) is 7.27. The number of carbonyl (C=O) groups is 3. The number of carbonyl (C=O) groups excluding carboxylic acids is 2. The minimum Gasteiger partial charge on any atom is -0.493 e. The molecule has 3 aromatic rings. The summed E-state index contributed by atoms with van der Waals surface area (Å²) in [6.45, 7) is 5.95. The molecule has 1 saturated heterocycles. The van der Waals surface area contributed by atoms with Gasteiger partial charge in [0.05, 0.1) is 47.0 Å². The van der Waals surface area contributed by atoms with Crippen molar-refractivity contribution in [1.82, 2.24) is 19.8 Å². The average molecular weight is 612 g/mol. The van der Waals surface area contributed by atoms with Crippen LogP contribution in [0, 0.1) is 0 Å². The first kappa shape index (κ1) is 30.0. The van der Waals surface area contributed by atoms with Crippen LogP contribution in [0.2, 0.25) is 5.02 Å². The number of pyridine rings is 1. The molecular weight excluding hydrogens is 578 g/mol. The molecule has 1 atom stereocenters. The average Bonchev–Trinajstić information content (AvgIpc) is 3.57. The van der Waals surface area contributed by atoms with Crippen molar-refractivity contribution in [2.45, 2.75) is 51.7 Å². The van der Waals surface area contributed by atoms with Crippen LogP contribution in [0.3, 0.4) is 0 Å². The molecule has 13 heteroatoms. The van der Waals surface area contributed by atoms with Crippen molar-refractivity contribution in [2.75, 3.05) is 32.1 Å². The van der Waals surface area contributed by atoms with Crippen molar-refractivity contribution in [3.63, 3.8) is 0 Å². The van der Waals surface area contributed by atoms with Crippen LogP contribution in [-0.4, -0.2) is 81.4 Å². The number of amides is 3. The van der Waals surface area contributed by atoms with Crippen LogP contribution in [-0.2, 0) is 11.2 Å². The first-order valence-corrected chi connectivity index (χ1v) is 14.3. The van der Waals surface area contributed by atoms with Gasteiger partial charge in [0.25, 0.3) is 5.91 Å². The molecule has 0 spiro atoms. The number of hydrogen-bond acceptors (Lipinski definition) is 8. The number of carboxylic acid groups (broad SMARTS) is 1. The van der Waals surface area contributed by atoms with Crippen molar-refractivity contribution in [2.24, 2.45) is 0 Å². The zero-order chi connectivity index (χ0) is 30.9. The number of methoxy groups -OCH3 is 1. The predicted molar refractivity (Wildman–Crippen MR) is 160 cm³/mol. The lowest BCUT2D eigenvalue weighted by molar-refractivity contribution is 0.0233. The summed E-state index contributed by atoms with van der Waals surface area (Å²) in [4.78, 5) is 48.6. The third kappa shape index (κ3) is 6.19. The van der Waals surface area contributed by atoms with Gasteiger partial charge in [0.2, 0.25) is 0 Å². The Morgan fingerprint density at radius 1 is 1.23 bits per heavy atom. The van der Waals surface area contributed by atoms with Gasteiger partial charge < -0.3 is 34.5 Å². The van der Waals surface area contributed by atoms with Gasteiger partial charge >= 0.3 is 12.2 Å². The summed E-state index contributed by atoms with van der Waals surface area (Å²) in [6.07, 6.45) is 3.24. The number of rotatable bonds is 7. The van der Waals surface area contributed by atoms with E-state index in [9.17, 15) is 19.5 Å². The van der Waals surface area contributed by atoms with E-state index in [4.69, 9.17) is 25.8 Å². The maximum atomic E-state index is 13.9. The Morgan fingerprint density at radius 3 is 2.74 bits per heavy atom. The quantitative estimate of drug-likeness (QED) is 0.295. The number of hydrogen-bond donors (Lipinski definition) is 3. The lowest BCUT2D eigenvalue weighted by atomic mass is 10.0. The van der Waals surface area contributed by atoms with E-state index in [0.717, 1.165) is 11.3 Å². The number of ether oxygens (including phenoxy) is 3. The molecule has 3 N–H and O–H groups in total. The SMILES string of the molecule is COc1c(Cl)cccc1Nc1c(-c2ccncc2OC[C@H]2CCCN2C(=O)O)[nH]c2c1C(=O)N(C(=O)OC(C)(C)C)CC2. The second-order valence-electron chi connectivity index (χ2n) is 11.3. The number of imide groups is 1. The Bertz CT molecular complexity index is 1550. The number of aromatic nitrogens is 2. The molecule has 2 aliphatic rings. The fraction of sp³-hybridized carbons (Fsp3) is 0.400. The Balaban J connectivity index is 1.57. The van der Waals surface area contributed by atoms with Gasteiger partial charge in [0.1, 0.15) is 18.0 Å². The van der Waals surface area contributed by atoms with E-state index >= 15 is 0 Å². The summed E-state index contributed by atoms with van der Waals surface area (Å²) in [5.41, 5.74) is 2.10. The van der Waals surface area contributed by atoms with Crippen LogP contribution in [0.1, 0.15) is 49.7 Å². The molecule has 228 valence electrons. The van der Waals surface area contributed by atoms with Gasteiger partial charge in [-0.25, -0.2) is 14.5 Å². The molecule has 2 aromatic heterocycles. The fourth-order valence-corrected chi connectivity index (χ4v) is 5.60. The Hall–Kier alpha value is -4.45. The second kappa shape index (κ2) is 12.0. The normalized spacial score (nSPS) is 16.6. The van der Waals surface area contributed by atoms with E-state index in [0.29, 0.717) is 64.2 Å². The number of nitrogens with zero attached hydrogens (tertiary/aromatic N) is 3. The summed E-state index contributed by atoms with van der Waals surface area (Å²) in [6, 6.07) is 6.65. The second-order valence-corrected chi connectivity index (χ2v) is 11.7. The van der Waals surface area contributed by atoms with Gasteiger partial charge in [-0.2, -0.15) is 0 Å². The zero-order valence-corrected chi connectivity index (χ0v) is 25.2. The van der Waals surface area contributed by atoms with Crippen LogP contribution < -0.4 is 14.8 Å². The highest BCUT2D eigenvalue weighted by Gasteiger charge is 2.37. The van der Waals surface area contributed by atoms with Crippen molar-refractivity contribution >= 4 is 41.1 Å². The zero-order valence-electron chi connectivity index (χ0n) is 24.4. The van der Waals surface area contributed by atoms with Crippen LogP contribution in [0.25, 0.3) is 11.3 Å². The summed E-state index contributed by atoms with van der Waals surface area (Å²) in [5, 5.41) is 13.2. The maximum Gasteiger partial charge on any atom is 0.417 e. The Kier molecular flexibility index (Phi) is 8.41. The van der Waals surface area contributed by atoms with E-state index in [1.54, 1.807) is 57.4 Å². The lowest BCUT2D eigenvalue weighted by Crippen LogP contribution is -2.44. The fourth-order valence-electron chi connectivity index (χ4n) is 5.35. The molecule has 3 amide bonds. The van der Waals surface area contributed by atoms with Crippen molar-refractivity contribution < 1.29 is 33.7 Å². The number of para-hydroxylation sites is 1. The molecule has 1 aromatic carbocycles. The Labute approximate surface area is 253 Å². The van der Waals surface area contributed by atoms with E-state index in [-0.39, 0.29) is 24.8 Å². The highest BCUT2D eigenvalue weighted by molar-refractivity contribution is 6.32. The predicted octanol–water partition coefficient (Wildman–Crippen LogP) is 5.94. The minimum absolute atomic E-state index is 0.132. The maximum absolute atomic E-state index is 13.9. The third-order valence-corrected chi connectivity index (χ3v) is 7.57. The summed E-state index contributed by atoms with van der Waals surface area (Å²) < 4.78 is 17.2. The number of H-pyrrole nitrogens is 1. The largest absolute Gasteiger partial charge is 0.493 e. The molecule has 0 aliphatic carbocycles. The van der Waals surface area contributed by atoms with E-state index in [2.05, 4.69) is 15.3 Å². The van der Waals surface area contributed by atoms with Crippen molar-refractivity contribution in [3.05, 3.63) is 52.9 Å². The molecule has 12 nitrogen and oxygen atoms in total. The molecule has 43 heavy (non-hydrogen) atoms. The van der Waals surface area contributed by atoms with Crippen molar-refractivity contribution in [3.8, 4) is 22.8 Å². The number of fused-ring (bicyclic) bond motifs is 1. The molecule has 0 radical (unpaired) electrons. The highest BCUT2D eigenvalue weighted by Crippen LogP contribution is 2.44. The van der Waals surface area contributed by atoms with E-state index in [1.165, 1.54) is 12.0 Å². The minimum atomic E-state index is -0.982. The van der Waals surface area contributed by atoms with Crippen LogP contribution >= 0.6 is 11.6 Å². The van der Waals surface area contributed by atoms with Gasteiger partial charge in [-0.3, -0.25) is 9.78 Å². The molecule has 0 unspecified atom stereocenters. The first-order valence-electron chi connectivity index (χ1n) is 13.9. The monoisotopic (exact) mass is 611 g/mol. The van der Waals surface area contributed by atoms with Crippen LogP contribution in [0.5, 0.6) is 11.5 Å². The number of benzene rings is 1. The number of halogens is 1. The van der Waals surface area contributed by atoms with Gasteiger partial charge in [-0.05, 0) is 51.8 Å². The number of anilines is 2. The van der Waals surface area contributed by atoms with E-state index in [1.807, 2.05) is 0 Å². The summed E-state index contributed by atoms with van der Waals surface area (Å²) in [7, 11) is 1.49. The first-order chi connectivity index (χ1) is 20.5. The van der Waals surface area contributed by atoms with Crippen molar-refractivity contribution in [1.29, 1.82) is 0 Å². The molecule has 0 bridgehead atoms. The van der Waals surface area contributed by atoms with Gasteiger partial charge in [-0.1, -0.05) is 17.7 Å². The standard InChI is InChI=1S/C30H34ClN5O7/c1-30(2,3)43-29(40)36-14-11-20-23(27(36)37)25(34-21-9-5-8-19(31)26(21)41-4)24(33-20)18-10-12-32-15-22(18)42-16-17-7-6-13-35(17)28(38)39/h5,8-10,12,15,17,33-34H,6-7,11,13-14,16H2,1-4H3,(H,38,39)/t17-/m1/s1. The molecule has 0 saturated carbocycles. The molecule has 4 heterocycles. The molecule has 1 fully saturated rings. The van der Waals surface area contributed by atoms with Crippen LogP contribution in [0.15, 0.2) is 36.7 Å². The number of likely N-dealkylation sites (tertiary alicyclic amines) is 1. The number of nitrogens with one attached hydrogen (secondary N) is 2. The molecule has 5 rings (SSSR count). The van der Waals surface area contributed by atoms with Gasteiger partial charge in [0.15, 0.2) is 5.75 Å². The molecular formula is C30H34ClN5O7. The van der Waals surface area contributed by atoms with E-state index < -0.39 is 23.7 Å². The summed E-state index contributed by atoms with van der Waals surface area (Å²) in [5.74, 6) is 0.246. The highest BCUT2D eigenvalue weighted by atomic mass is 35.5. The topological polar surface area (TPSA) is 146 Å². The van der Waals surface area contributed by atoms with Gasteiger partial charge in [-0.15, -0.1) is 0 Å². The smallest absolute Gasteiger partial charge is 0.417 e. The Morgan fingerprint density at radius 2 is 2.02 bits per heavy atom.